The van der Waals surface area contributed by atoms with Crippen LogP contribution in [0.15, 0.2) is 18.3 Å². The second kappa shape index (κ2) is 6.31. The summed E-state index contributed by atoms with van der Waals surface area (Å²) < 4.78 is 0.917. The summed E-state index contributed by atoms with van der Waals surface area (Å²) in [4.78, 5) is 5.78. The number of nitrogens with one attached hydrogen (secondary N) is 1. The van der Waals surface area contributed by atoms with E-state index in [0.717, 1.165) is 4.64 Å². The maximum atomic E-state index is 5.42. The lowest BCUT2D eigenvalue weighted by atomic mass is 9.96. The summed E-state index contributed by atoms with van der Waals surface area (Å²) in [5, 5.41) is 0. The number of piperidine rings is 1. The Balaban J connectivity index is 2.16. The first-order chi connectivity index (χ1) is 8.33. The van der Waals surface area contributed by atoms with E-state index < -0.39 is 0 Å². The first-order valence-electron chi connectivity index (χ1n) is 6.74. The van der Waals surface area contributed by atoms with Gasteiger partial charge < -0.3 is 4.98 Å². The highest BCUT2D eigenvalue weighted by Crippen LogP contribution is 2.31. The van der Waals surface area contributed by atoms with Gasteiger partial charge in [0.2, 0.25) is 0 Å². The number of hydrogen-bond acceptors (Lipinski definition) is 2. The topological polar surface area (TPSA) is 19.0 Å². The van der Waals surface area contributed by atoms with Crippen LogP contribution in [0.4, 0.5) is 0 Å². The number of hydrogen-bond donors (Lipinski definition) is 1. The normalized spacial score (nSPS) is 21.6. The van der Waals surface area contributed by atoms with E-state index in [0.29, 0.717) is 6.04 Å². The average Bonchev–Trinajstić information content (AvgIpc) is 2.37. The number of nitrogens with zero attached hydrogens (tertiary/aromatic N) is 1. The Morgan fingerprint density at radius 2 is 2.35 bits per heavy atom. The van der Waals surface area contributed by atoms with Gasteiger partial charge in [-0.25, -0.2) is 0 Å². The second-order valence-corrected chi connectivity index (χ2v) is 5.26. The standard InChI is InChI=1S/C14H22N2S/c1-2-3-10-16-11-5-4-8-13(16)12-7-6-9-15-14(12)17/h6-7,9,13H,2-5,8,10-11H2,1H3,(H,15,17)/t13-/m1/s1. The van der Waals surface area contributed by atoms with Gasteiger partial charge in [-0.15, -0.1) is 0 Å². The van der Waals surface area contributed by atoms with Crippen molar-refractivity contribution in [2.45, 2.75) is 45.1 Å². The Morgan fingerprint density at radius 3 is 3.12 bits per heavy atom. The SMILES string of the molecule is CCCCN1CCCC[C@@H]1c1ccc[nH]c1=S. The molecule has 0 amide bonds. The molecule has 1 fully saturated rings. The minimum Gasteiger partial charge on any atom is -0.353 e. The zero-order chi connectivity index (χ0) is 12.1. The molecule has 1 saturated heterocycles. The van der Waals surface area contributed by atoms with Gasteiger partial charge in [0.1, 0.15) is 4.64 Å². The van der Waals surface area contributed by atoms with E-state index in [2.05, 4.69) is 28.9 Å². The van der Waals surface area contributed by atoms with Gasteiger partial charge in [-0.2, -0.15) is 0 Å². The third-order valence-electron chi connectivity index (χ3n) is 3.62. The van der Waals surface area contributed by atoms with Crippen LogP contribution in [0.1, 0.15) is 50.6 Å². The van der Waals surface area contributed by atoms with Gasteiger partial charge in [0.05, 0.1) is 0 Å². The van der Waals surface area contributed by atoms with E-state index in [9.17, 15) is 0 Å². The quantitative estimate of drug-likeness (QED) is 0.812. The summed E-state index contributed by atoms with van der Waals surface area (Å²) in [5.41, 5.74) is 1.32. The van der Waals surface area contributed by atoms with Crippen molar-refractivity contribution >= 4 is 12.2 Å². The molecule has 2 heterocycles. The van der Waals surface area contributed by atoms with E-state index >= 15 is 0 Å². The first-order valence-corrected chi connectivity index (χ1v) is 7.15. The third-order valence-corrected chi connectivity index (χ3v) is 3.97. The fraction of sp³-hybridized carbons (Fsp3) is 0.643. The van der Waals surface area contributed by atoms with Crippen molar-refractivity contribution in [3.8, 4) is 0 Å². The number of rotatable bonds is 4. The predicted molar refractivity (Wildman–Crippen MR) is 74.7 cm³/mol. The molecule has 94 valence electrons. The van der Waals surface area contributed by atoms with E-state index in [-0.39, 0.29) is 0 Å². The van der Waals surface area contributed by atoms with Crippen LogP contribution in [0.3, 0.4) is 0 Å². The maximum Gasteiger partial charge on any atom is 0.108 e. The molecule has 1 aliphatic heterocycles. The molecular weight excluding hydrogens is 228 g/mol. The molecule has 2 nitrogen and oxygen atoms in total. The minimum atomic E-state index is 0.542. The molecule has 1 aromatic heterocycles. The van der Waals surface area contributed by atoms with Crippen molar-refractivity contribution in [3.63, 3.8) is 0 Å². The Kier molecular flexibility index (Phi) is 4.75. The van der Waals surface area contributed by atoms with Crippen LogP contribution >= 0.6 is 12.2 Å². The lowest BCUT2D eigenvalue weighted by Crippen LogP contribution is -2.34. The summed E-state index contributed by atoms with van der Waals surface area (Å²) in [5.74, 6) is 0. The van der Waals surface area contributed by atoms with Crippen molar-refractivity contribution in [1.29, 1.82) is 0 Å². The van der Waals surface area contributed by atoms with Crippen LogP contribution in [0.2, 0.25) is 0 Å². The van der Waals surface area contributed by atoms with E-state index in [1.54, 1.807) is 0 Å². The number of unbranched alkanes of at least 4 members (excludes halogenated alkanes) is 1. The molecule has 0 unspecified atom stereocenters. The molecule has 1 N–H and O–H groups in total. The summed E-state index contributed by atoms with van der Waals surface area (Å²) in [7, 11) is 0. The van der Waals surface area contributed by atoms with Crippen molar-refractivity contribution in [3.05, 3.63) is 28.5 Å². The Morgan fingerprint density at radius 1 is 1.47 bits per heavy atom. The molecule has 0 radical (unpaired) electrons. The number of aromatic amines is 1. The van der Waals surface area contributed by atoms with Crippen molar-refractivity contribution < 1.29 is 0 Å². The van der Waals surface area contributed by atoms with Crippen molar-refractivity contribution in [1.82, 2.24) is 9.88 Å². The van der Waals surface area contributed by atoms with Crippen LogP contribution in [0.25, 0.3) is 0 Å². The van der Waals surface area contributed by atoms with Gasteiger partial charge in [0.15, 0.2) is 0 Å². The highest BCUT2D eigenvalue weighted by molar-refractivity contribution is 7.71. The molecule has 0 bridgehead atoms. The molecule has 0 aromatic carbocycles. The summed E-state index contributed by atoms with van der Waals surface area (Å²) in [6, 6.07) is 4.80. The minimum absolute atomic E-state index is 0.542. The highest BCUT2D eigenvalue weighted by atomic mass is 32.1. The molecule has 0 spiro atoms. The van der Waals surface area contributed by atoms with Gasteiger partial charge in [-0.05, 0) is 38.4 Å². The monoisotopic (exact) mass is 250 g/mol. The van der Waals surface area contributed by atoms with Gasteiger partial charge >= 0.3 is 0 Å². The predicted octanol–water partition coefficient (Wildman–Crippen LogP) is 4.07. The third kappa shape index (κ3) is 3.17. The molecule has 1 aromatic rings. The van der Waals surface area contributed by atoms with E-state index in [4.69, 9.17) is 12.2 Å². The fourth-order valence-electron chi connectivity index (χ4n) is 2.67. The lowest BCUT2D eigenvalue weighted by molar-refractivity contribution is 0.146. The van der Waals surface area contributed by atoms with Crippen LogP contribution < -0.4 is 0 Å². The Bertz CT molecular complexity index is 399. The molecular formula is C14H22N2S. The zero-order valence-electron chi connectivity index (χ0n) is 10.6. The Labute approximate surface area is 109 Å². The lowest BCUT2D eigenvalue weighted by Gasteiger charge is -2.35. The van der Waals surface area contributed by atoms with Gasteiger partial charge in [0, 0.05) is 17.8 Å². The number of H-pyrrole nitrogens is 1. The van der Waals surface area contributed by atoms with E-state index in [1.807, 2.05) is 6.20 Å². The van der Waals surface area contributed by atoms with Gasteiger partial charge in [0.25, 0.3) is 0 Å². The van der Waals surface area contributed by atoms with Gasteiger partial charge in [-0.3, -0.25) is 4.90 Å². The summed E-state index contributed by atoms with van der Waals surface area (Å²) in [6.07, 6.45) is 8.40. The fourth-order valence-corrected chi connectivity index (χ4v) is 2.94. The van der Waals surface area contributed by atoms with Crippen molar-refractivity contribution in [2.24, 2.45) is 0 Å². The molecule has 1 atom stereocenters. The van der Waals surface area contributed by atoms with Gasteiger partial charge in [-0.1, -0.05) is 38.0 Å². The smallest absolute Gasteiger partial charge is 0.108 e. The van der Waals surface area contributed by atoms with Crippen molar-refractivity contribution in [2.75, 3.05) is 13.1 Å². The second-order valence-electron chi connectivity index (χ2n) is 4.86. The molecule has 1 aliphatic rings. The summed E-state index contributed by atoms with van der Waals surface area (Å²) in [6.45, 7) is 4.70. The number of aromatic nitrogens is 1. The maximum absolute atomic E-state index is 5.42. The molecule has 0 aliphatic carbocycles. The van der Waals surface area contributed by atoms with Crippen LogP contribution in [0.5, 0.6) is 0 Å². The number of likely N-dealkylation sites (tertiary alicyclic amines) is 1. The largest absolute Gasteiger partial charge is 0.353 e. The van der Waals surface area contributed by atoms with Crippen LogP contribution in [-0.2, 0) is 0 Å². The first kappa shape index (κ1) is 12.8. The average molecular weight is 250 g/mol. The molecule has 0 saturated carbocycles. The van der Waals surface area contributed by atoms with Crippen LogP contribution in [-0.4, -0.2) is 23.0 Å². The molecule has 2 rings (SSSR count). The molecule has 3 heteroatoms. The molecule has 17 heavy (non-hydrogen) atoms. The number of pyridine rings is 1. The van der Waals surface area contributed by atoms with E-state index in [1.165, 1.54) is 50.8 Å². The zero-order valence-corrected chi connectivity index (χ0v) is 11.4. The van der Waals surface area contributed by atoms with Crippen LogP contribution in [0, 0.1) is 4.64 Å². The summed E-state index contributed by atoms with van der Waals surface area (Å²) >= 11 is 5.42. The Hall–Kier alpha value is -0.670. The highest BCUT2D eigenvalue weighted by Gasteiger charge is 2.23.